The number of ether oxygens (including phenoxy) is 1. The van der Waals surface area contributed by atoms with E-state index in [-0.39, 0.29) is 23.5 Å². The fourth-order valence-electron chi connectivity index (χ4n) is 2.68. The monoisotopic (exact) mass is 316 g/mol. The molecule has 0 aliphatic rings. The maximum Gasteiger partial charge on any atom is 0.338 e. The molecule has 0 radical (unpaired) electrons. The molecule has 0 unspecified atom stereocenters. The van der Waals surface area contributed by atoms with Crippen molar-refractivity contribution in [3.05, 3.63) is 35.4 Å². The van der Waals surface area contributed by atoms with Crippen molar-refractivity contribution in [3.63, 3.8) is 0 Å². The fraction of sp³-hybridized carbons (Fsp3) is 0.500. The summed E-state index contributed by atoms with van der Waals surface area (Å²) in [6.45, 7) is 9.87. The van der Waals surface area contributed by atoms with E-state index in [0.29, 0.717) is 11.1 Å². The van der Waals surface area contributed by atoms with Crippen molar-refractivity contribution in [2.75, 3.05) is 6.61 Å². The van der Waals surface area contributed by atoms with E-state index in [1.54, 1.807) is 0 Å². The van der Waals surface area contributed by atoms with Gasteiger partial charge in [-0.25, -0.2) is 4.79 Å². The molecule has 0 bridgehead atoms. The van der Waals surface area contributed by atoms with Crippen molar-refractivity contribution >= 4 is 11.9 Å². The van der Waals surface area contributed by atoms with Crippen molar-refractivity contribution in [1.82, 2.24) is 5.32 Å². The summed E-state index contributed by atoms with van der Waals surface area (Å²) in [7, 11) is 0. The number of hydrogen-bond donors (Lipinski definition) is 1. The van der Waals surface area contributed by atoms with Gasteiger partial charge in [0.25, 0.3) is 5.91 Å². The lowest BCUT2D eigenvalue weighted by molar-refractivity contribution is -0.126. The number of hydrogen-bond acceptors (Lipinski definition) is 4. The molecule has 0 aliphatic carbocycles. The van der Waals surface area contributed by atoms with Gasteiger partial charge in [-0.15, -0.1) is 0 Å². The Morgan fingerprint density at radius 1 is 1.13 bits per heavy atom. The van der Waals surface area contributed by atoms with Crippen molar-refractivity contribution in [1.29, 1.82) is 5.26 Å². The summed E-state index contributed by atoms with van der Waals surface area (Å²) in [5.74, 6) is -0.917. The Bertz CT molecular complexity index is 605. The Balaban J connectivity index is 2.52. The molecule has 1 amide bonds. The molecule has 0 spiro atoms. The van der Waals surface area contributed by atoms with Gasteiger partial charge in [0.15, 0.2) is 6.61 Å². The van der Waals surface area contributed by atoms with Gasteiger partial charge in [0.05, 0.1) is 17.2 Å². The molecule has 5 heteroatoms. The standard InChI is InChI=1S/C18H24N2O3/c1-17(2,3)12-18(4,5)20-15(21)11-23-16(22)14-8-6-13(10-19)7-9-14/h6-9H,11-12H2,1-5H3,(H,20,21). The highest BCUT2D eigenvalue weighted by Crippen LogP contribution is 2.26. The first-order valence-corrected chi connectivity index (χ1v) is 7.51. The molecule has 1 N–H and O–H groups in total. The predicted molar refractivity (Wildman–Crippen MR) is 87.7 cm³/mol. The summed E-state index contributed by atoms with van der Waals surface area (Å²) < 4.78 is 5.01. The number of amides is 1. The number of esters is 1. The van der Waals surface area contributed by atoms with Gasteiger partial charge >= 0.3 is 5.97 Å². The summed E-state index contributed by atoms with van der Waals surface area (Å²) in [5, 5.41) is 11.6. The molecule has 23 heavy (non-hydrogen) atoms. The van der Waals surface area contributed by atoms with Crippen LogP contribution in [0.3, 0.4) is 0 Å². The van der Waals surface area contributed by atoms with Gasteiger partial charge in [-0.05, 0) is 49.9 Å². The SMILES string of the molecule is CC(C)(C)CC(C)(C)NC(=O)COC(=O)c1ccc(C#N)cc1. The third kappa shape index (κ3) is 6.96. The van der Waals surface area contributed by atoms with Crippen LogP contribution in [-0.4, -0.2) is 24.0 Å². The first-order chi connectivity index (χ1) is 10.5. The zero-order valence-corrected chi connectivity index (χ0v) is 14.4. The molecule has 0 aromatic heterocycles. The number of benzene rings is 1. The van der Waals surface area contributed by atoms with Gasteiger partial charge in [0, 0.05) is 5.54 Å². The summed E-state index contributed by atoms with van der Waals surface area (Å²) >= 11 is 0. The van der Waals surface area contributed by atoms with Crippen molar-refractivity contribution in [2.24, 2.45) is 5.41 Å². The average Bonchev–Trinajstić information content (AvgIpc) is 2.41. The summed E-state index contributed by atoms with van der Waals surface area (Å²) in [6.07, 6.45) is 0.801. The molecule has 0 saturated carbocycles. The topological polar surface area (TPSA) is 79.2 Å². The first kappa shape index (κ1) is 18.7. The van der Waals surface area contributed by atoms with Gasteiger partial charge in [0.2, 0.25) is 0 Å². The van der Waals surface area contributed by atoms with Crippen molar-refractivity contribution < 1.29 is 14.3 Å². The van der Waals surface area contributed by atoms with E-state index < -0.39 is 5.97 Å². The van der Waals surface area contributed by atoms with E-state index in [4.69, 9.17) is 10.00 Å². The lowest BCUT2D eigenvalue weighted by Crippen LogP contribution is -2.47. The van der Waals surface area contributed by atoms with Crippen LogP contribution in [-0.2, 0) is 9.53 Å². The third-order valence-electron chi connectivity index (χ3n) is 3.03. The van der Waals surface area contributed by atoms with Gasteiger partial charge in [-0.1, -0.05) is 20.8 Å². The molecule has 124 valence electrons. The Hall–Kier alpha value is -2.35. The molecule has 5 nitrogen and oxygen atoms in total. The van der Waals surface area contributed by atoms with E-state index in [1.165, 1.54) is 24.3 Å². The molecule has 0 aliphatic heterocycles. The predicted octanol–water partition coefficient (Wildman–Crippen LogP) is 3.05. The Kier molecular flexibility index (Phi) is 5.91. The molecule has 0 atom stereocenters. The Morgan fingerprint density at radius 2 is 1.70 bits per heavy atom. The molecule has 0 saturated heterocycles. The van der Waals surface area contributed by atoms with Gasteiger partial charge in [-0.3, -0.25) is 4.79 Å². The van der Waals surface area contributed by atoms with E-state index in [0.717, 1.165) is 6.42 Å². The lowest BCUT2D eigenvalue weighted by Gasteiger charge is -2.33. The zero-order valence-electron chi connectivity index (χ0n) is 14.4. The van der Waals surface area contributed by atoms with E-state index in [9.17, 15) is 9.59 Å². The smallest absolute Gasteiger partial charge is 0.338 e. The summed E-state index contributed by atoms with van der Waals surface area (Å²) in [5.41, 5.74) is 0.473. The number of carbonyl (C=O) groups excluding carboxylic acids is 2. The van der Waals surface area contributed by atoms with Crippen LogP contribution >= 0.6 is 0 Å². The van der Waals surface area contributed by atoms with Crippen LogP contribution in [0.1, 0.15) is 57.0 Å². The lowest BCUT2D eigenvalue weighted by atomic mass is 9.82. The van der Waals surface area contributed by atoms with E-state index in [1.807, 2.05) is 19.9 Å². The molecule has 1 aromatic carbocycles. The highest BCUT2D eigenvalue weighted by molar-refractivity contribution is 5.91. The van der Waals surface area contributed by atoms with Crippen LogP contribution in [0, 0.1) is 16.7 Å². The third-order valence-corrected chi connectivity index (χ3v) is 3.03. The van der Waals surface area contributed by atoms with Gasteiger partial charge in [-0.2, -0.15) is 5.26 Å². The van der Waals surface area contributed by atoms with Crippen LogP contribution in [0.2, 0.25) is 0 Å². The van der Waals surface area contributed by atoms with Gasteiger partial charge < -0.3 is 10.1 Å². The minimum absolute atomic E-state index is 0.0793. The normalized spacial score (nSPS) is 11.5. The number of rotatable bonds is 5. The van der Waals surface area contributed by atoms with Crippen LogP contribution in [0.15, 0.2) is 24.3 Å². The van der Waals surface area contributed by atoms with Crippen molar-refractivity contribution in [2.45, 2.75) is 46.6 Å². The molecular weight excluding hydrogens is 292 g/mol. The maximum atomic E-state index is 11.9. The number of nitrogens with one attached hydrogen (secondary N) is 1. The molecule has 0 fully saturated rings. The second-order valence-corrected chi connectivity index (χ2v) is 7.43. The molecule has 1 aromatic rings. The average molecular weight is 316 g/mol. The largest absolute Gasteiger partial charge is 0.452 e. The van der Waals surface area contributed by atoms with Crippen LogP contribution in [0.4, 0.5) is 0 Å². The number of carbonyl (C=O) groups is 2. The quantitative estimate of drug-likeness (QED) is 0.847. The molecule has 0 heterocycles. The van der Waals surface area contributed by atoms with Crippen LogP contribution < -0.4 is 5.32 Å². The molecular formula is C18H24N2O3. The van der Waals surface area contributed by atoms with Gasteiger partial charge in [0.1, 0.15) is 0 Å². The maximum absolute atomic E-state index is 11.9. The zero-order chi connectivity index (χ0) is 17.7. The Labute approximate surface area is 137 Å². The van der Waals surface area contributed by atoms with E-state index in [2.05, 4.69) is 26.1 Å². The second kappa shape index (κ2) is 7.28. The highest BCUT2D eigenvalue weighted by atomic mass is 16.5. The highest BCUT2D eigenvalue weighted by Gasteiger charge is 2.27. The molecule has 1 rings (SSSR count). The van der Waals surface area contributed by atoms with E-state index >= 15 is 0 Å². The summed E-state index contributed by atoms with van der Waals surface area (Å²) in [6, 6.07) is 8.04. The number of nitrogens with zero attached hydrogens (tertiary/aromatic N) is 1. The fourth-order valence-corrected chi connectivity index (χ4v) is 2.68. The summed E-state index contributed by atoms with van der Waals surface area (Å²) in [4.78, 5) is 23.8. The minimum Gasteiger partial charge on any atom is -0.452 e. The van der Waals surface area contributed by atoms with Crippen LogP contribution in [0.25, 0.3) is 0 Å². The second-order valence-electron chi connectivity index (χ2n) is 7.43. The van der Waals surface area contributed by atoms with Crippen molar-refractivity contribution in [3.8, 4) is 6.07 Å². The Morgan fingerprint density at radius 3 is 2.17 bits per heavy atom. The number of nitriles is 1. The van der Waals surface area contributed by atoms with Crippen LogP contribution in [0.5, 0.6) is 0 Å². The first-order valence-electron chi connectivity index (χ1n) is 7.51. The minimum atomic E-state index is -0.585.